The first-order valence-electron chi connectivity index (χ1n) is 11.2. The van der Waals surface area contributed by atoms with Crippen LogP contribution in [-0.4, -0.2) is 53.5 Å². The van der Waals surface area contributed by atoms with E-state index in [4.69, 9.17) is 13.9 Å². The number of ether oxygens (including phenoxy) is 2. The molecule has 0 radical (unpaired) electrons. The smallest absolute Gasteiger partial charge is 0.419 e. The highest BCUT2D eigenvalue weighted by Gasteiger charge is 2.22. The van der Waals surface area contributed by atoms with Gasteiger partial charge in [0.2, 0.25) is 0 Å². The number of nitrogens with zero attached hydrogens (tertiary/aromatic N) is 3. The van der Waals surface area contributed by atoms with Crippen molar-refractivity contribution in [2.45, 2.75) is 26.4 Å². The summed E-state index contributed by atoms with van der Waals surface area (Å²) < 4.78 is 18.2. The number of carbonyl (C=O) groups is 2. The van der Waals surface area contributed by atoms with E-state index in [1.807, 2.05) is 49.9 Å². The molecule has 176 valence electrons. The molecule has 0 saturated carbocycles. The van der Waals surface area contributed by atoms with Crippen molar-refractivity contribution in [2.75, 3.05) is 36.5 Å². The summed E-state index contributed by atoms with van der Waals surface area (Å²) in [6.45, 7) is 8.10. The number of aromatic nitrogens is 2. The second-order valence-electron chi connectivity index (χ2n) is 9.14. The van der Waals surface area contributed by atoms with Crippen molar-refractivity contribution >= 4 is 45.7 Å². The number of anilines is 2. The first-order valence-corrected chi connectivity index (χ1v) is 11.2. The van der Waals surface area contributed by atoms with Gasteiger partial charge in [0.1, 0.15) is 11.1 Å². The zero-order valence-corrected chi connectivity index (χ0v) is 19.3. The lowest BCUT2D eigenvalue weighted by Crippen LogP contribution is -2.36. The summed E-state index contributed by atoms with van der Waals surface area (Å²) in [4.78, 5) is 32.4. The van der Waals surface area contributed by atoms with E-state index in [9.17, 15) is 9.59 Å². The Bertz CT molecular complexity index is 1380. The second kappa shape index (κ2) is 8.49. The summed E-state index contributed by atoms with van der Waals surface area (Å²) in [7, 11) is 0. The van der Waals surface area contributed by atoms with Gasteiger partial charge in [0.15, 0.2) is 5.58 Å². The topological polar surface area (TPSA) is 98.8 Å². The van der Waals surface area contributed by atoms with Crippen LogP contribution in [0.15, 0.2) is 53.1 Å². The summed E-state index contributed by atoms with van der Waals surface area (Å²) in [6, 6.07) is 13.0. The largest absolute Gasteiger partial charge is 0.443 e. The normalized spacial score (nSPS) is 14.5. The third-order valence-corrected chi connectivity index (χ3v) is 5.47. The molecule has 0 spiro atoms. The molecule has 9 nitrogen and oxygen atoms in total. The Labute approximate surface area is 196 Å². The minimum Gasteiger partial charge on any atom is -0.443 e. The summed E-state index contributed by atoms with van der Waals surface area (Å²) in [5.74, 6) is -0.315. The highest BCUT2D eigenvalue weighted by atomic mass is 16.6. The molecule has 1 aliphatic rings. The van der Waals surface area contributed by atoms with E-state index in [0.29, 0.717) is 60.2 Å². The fourth-order valence-electron chi connectivity index (χ4n) is 3.88. The lowest BCUT2D eigenvalue weighted by Gasteiger charge is -2.24. The minimum absolute atomic E-state index is 0.315. The van der Waals surface area contributed by atoms with Gasteiger partial charge >= 0.3 is 6.09 Å². The minimum atomic E-state index is -0.640. The molecule has 1 N–H and O–H groups in total. The van der Waals surface area contributed by atoms with Crippen LogP contribution < -0.4 is 10.2 Å². The molecule has 1 fully saturated rings. The summed E-state index contributed by atoms with van der Waals surface area (Å²) in [5, 5.41) is 3.66. The number of nitrogens with one attached hydrogen (secondary N) is 1. The SMILES string of the molecule is CC(C)(C)OC(=O)n1cc(NC(=O)c2ccc3oc(N4CCOCC4)nc3c2)c2ccccc21. The van der Waals surface area contributed by atoms with Gasteiger partial charge < -0.3 is 24.1 Å². The van der Waals surface area contributed by atoms with Crippen molar-refractivity contribution in [1.29, 1.82) is 0 Å². The molecule has 9 heteroatoms. The third-order valence-electron chi connectivity index (χ3n) is 5.47. The molecule has 5 rings (SSSR count). The van der Waals surface area contributed by atoms with Gasteiger partial charge in [-0.25, -0.2) is 4.79 Å². The van der Waals surface area contributed by atoms with Gasteiger partial charge in [-0.2, -0.15) is 4.98 Å². The van der Waals surface area contributed by atoms with Crippen LogP contribution in [0.1, 0.15) is 31.1 Å². The molecule has 2 aromatic heterocycles. The van der Waals surface area contributed by atoms with Crippen molar-refractivity contribution in [3.05, 3.63) is 54.2 Å². The van der Waals surface area contributed by atoms with Gasteiger partial charge in [0, 0.05) is 30.2 Å². The highest BCUT2D eigenvalue weighted by Crippen LogP contribution is 2.28. The number of morpholine rings is 1. The van der Waals surface area contributed by atoms with Crippen molar-refractivity contribution in [3.8, 4) is 0 Å². The maximum atomic E-state index is 13.1. The maximum absolute atomic E-state index is 13.1. The molecule has 3 heterocycles. The number of oxazole rings is 1. The van der Waals surface area contributed by atoms with E-state index in [2.05, 4.69) is 10.3 Å². The molecule has 34 heavy (non-hydrogen) atoms. The number of benzene rings is 2. The molecule has 1 amide bonds. The Kier molecular flexibility index (Phi) is 5.49. The molecule has 0 aliphatic carbocycles. The average molecular weight is 463 g/mol. The van der Waals surface area contributed by atoms with E-state index in [1.54, 1.807) is 24.4 Å². The fraction of sp³-hybridized carbons (Fsp3) is 0.320. The number of rotatable bonds is 3. The first-order chi connectivity index (χ1) is 16.3. The van der Waals surface area contributed by atoms with E-state index >= 15 is 0 Å². The van der Waals surface area contributed by atoms with Crippen LogP contribution in [0.2, 0.25) is 0 Å². The lowest BCUT2D eigenvalue weighted by atomic mass is 10.2. The zero-order valence-electron chi connectivity index (χ0n) is 19.3. The van der Waals surface area contributed by atoms with Gasteiger partial charge in [0.05, 0.1) is 24.4 Å². The number of hydrogen-bond donors (Lipinski definition) is 1. The molecule has 1 aliphatic heterocycles. The van der Waals surface area contributed by atoms with Gasteiger partial charge in [-0.05, 0) is 45.0 Å². The number of carbonyl (C=O) groups excluding carboxylic acids is 2. The van der Waals surface area contributed by atoms with Gasteiger partial charge in [-0.1, -0.05) is 18.2 Å². The molecule has 2 aromatic carbocycles. The quantitative estimate of drug-likeness (QED) is 0.473. The number of fused-ring (bicyclic) bond motifs is 2. The van der Waals surface area contributed by atoms with Crippen LogP contribution in [0.25, 0.3) is 22.0 Å². The zero-order chi connectivity index (χ0) is 23.9. The Morgan fingerprint density at radius 3 is 2.62 bits per heavy atom. The molecule has 0 atom stereocenters. The Hall–Kier alpha value is -3.85. The monoisotopic (exact) mass is 462 g/mol. The van der Waals surface area contributed by atoms with Gasteiger partial charge in [-0.15, -0.1) is 0 Å². The van der Waals surface area contributed by atoms with Crippen LogP contribution in [0, 0.1) is 0 Å². The standard InChI is InChI=1S/C25H26N4O5/c1-25(2,3)34-24(31)29-15-19(17-6-4-5-7-20(17)29)26-22(30)16-8-9-21-18(14-16)27-23(33-21)28-10-12-32-13-11-28/h4-9,14-15H,10-13H2,1-3H3,(H,26,30). The number of amides is 1. The lowest BCUT2D eigenvalue weighted by molar-refractivity contribution is 0.0544. The van der Waals surface area contributed by atoms with Gasteiger partial charge in [-0.3, -0.25) is 9.36 Å². The van der Waals surface area contributed by atoms with E-state index in [1.165, 1.54) is 4.57 Å². The van der Waals surface area contributed by atoms with Crippen molar-refractivity contribution in [1.82, 2.24) is 9.55 Å². The molecular weight excluding hydrogens is 436 g/mol. The third kappa shape index (κ3) is 4.34. The van der Waals surface area contributed by atoms with Crippen LogP contribution in [-0.2, 0) is 9.47 Å². The van der Waals surface area contributed by atoms with Crippen molar-refractivity contribution < 1.29 is 23.5 Å². The Morgan fingerprint density at radius 1 is 1.09 bits per heavy atom. The Morgan fingerprint density at radius 2 is 1.85 bits per heavy atom. The molecule has 0 unspecified atom stereocenters. The number of para-hydroxylation sites is 1. The van der Waals surface area contributed by atoms with E-state index in [-0.39, 0.29) is 5.91 Å². The Balaban J connectivity index is 1.41. The van der Waals surface area contributed by atoms with Crippen molar-refractivity contribution in [3.63, 3.8) is 0 Å². The van der Waals surface area contributed by atoms with Gasteiger partial charge in [0.25, 0.3) is 11.9 Å². The summed E-state index contributed by atoms with van der Waals surface area (Å²) in [5.41, 5.74) is 2.17. The number of hydrogen-bond acceptors (Lipinski definition) is 7. The first kappa shape index (κ1) is 22.0. The van der Waals surface area contributed by atoms with Crippen LogP contribution in [0.3, 0.4) is 0 Å². The molecular formula is C25H26N4O5. The molecule has 0 bridgehead atoms. The predicted molar refractivity (Wildman–Crippen MR) is 129 cm³/mol. The van der Waals surface area contributed by atoms with E-state index < -0.39 is 11.7 Å². The van der Waals surface area contributed by atoms with Crippen molar-refractivity contribution in [2.24, 2.45) is 0 Å². The van der Waals surface area contributed by atoms with Crippen LogP contribution in [0.4, 0.5) is 16.5 Å². The molecule has 1 saturated heterocycles. The highest BCUT2D eigenvalue weighted by molar-refractivity contribution is 6.11. The van der Waals surface area contributed by atoms with Crippen LogP contribution in [0.5, 0.6) is 0 Å². The predicted octanol–water partition coefficient (Wildman–Crippen LogP) is 4.65. The van der Waals surface area contributed by atoms with Crippen LogP contribution >= 0.6 is 0 Å². The maximum Gasteiger partial charge on any atom is 0.419 e. The second-order valence-corrected chi connectivity index (χ2v) is 9.14. The average Bonchev–Trinajstić information content (AvgIpc) is 3.40. The summed E-state index contributed by atoms with van der Waals surface area (Å²) in [6.07, 6.45) is 1.07. The summed E-state index contributed by atoms with van der Waals surface area (Å²) >= 11 is 0. The van der Waals surface area contributed by atoms with E-state index in [0.717, 1.165) is 5.39 Å². The molecule has 4 aromatic rings. The fourth-order valence-corrected chi connectivity index (χ4v) is 3.88.